The highest BCUT2D eigenvalue weighted by Crippen LogP contribution is 2.14. The first kappa shape index (κ1) is 31.9. The summed E-state index contributed by atoms with van der Waals surface area (Å²) in [6.07, 6.45) is 25.4. The summed E-state index contributed by atoms with van der Waals surface area (Å²) >= 11 is 0. The number of ether oxygens (including phenoxy) is 1. The Hall–Kier alpha value is -2.09. The third-order valence-electron chi connectivity index (χ3n) is 5.84. The lowest BCUT2D eigenvalue weighted by Crippen LogP contribution is -2.01. The summed E-state index contributed by atoms with van der Waals surface area (Å²) in [4.78, 5) is 10.8. The number of carbonyl (C=O) groups excluding carboxylic acids is 1. The maximum absolute atomic E-state index is 10.8. The number of carbonyl (C=O) groups is 1. The Morgan fingerprint density at radius 2 is 0.794 bits per heavy atom. The van der Waals surface area contributed by atoms with E-state index in [9.17, 15) is 4.79 Å². The van der Waals surface area contributed by atoms with Crippen molar-refractivity contribution in [2.45, 2.75) is 120 Å². The van der Waals surface area contributed by atoms with E-state index < -0.39 is 0 Å². The zero-order valence-electron chi connectivity index (χ0n) is 23.6. The lowest BCUT2D eigenvalue weighted by molar-refractivity contribution is -0.139. The van der Waals surface area contributed by atoms with Gasteiger partial charge in [0.1, 0.15) is 6.61 Å². The van der Waals surface area contributed by atoms with Crippen molar-refractivity contribution in [3.05, 3.63) is 69.9 Å². The van der Waals surface area contributed by atoms with E-state index in [2.05, 4.69) is 78.0 Å². The Balaban J connectivity index is 4.10. The Morgan fingerprint density at radius 3 is 1.15 bits per heavy atom. The van der Waals surface area contributed by atoms with Gasteiger partial charge in [-0.25, -0.2) is 0 Å². The number of rotatable bonds is 17. The van der Waals surface area contributed by atoms with Crippen molar-refractivity contribution < 1.29 is 9.53 Å². The standard InChI is InChI=1S/C32H52O2/c1-26(2)15-11-18-29(5)21-12-19-27(3)16-9-10-17-28(4)20-13-22-30(6)23-14-24-31(7)25-34-32(8)33/h15-17,21-22,24H,9-14,18-20,23,25H2,1-8H3/b27-16+,28-17+,29-21+,30-22+,31-24+. The van der Waals surface area contributed by atoms with Gasteiger partial charge in [-0.3, -0.25) is 4.79 Å². The molecule has 0 N–H and O–H groups in total. The molecule has 0 aliphatic rings. The topological polar surface area (TPSA) is 26.3 Å². The Labute approximate surface area is 211 Å². The molecule has 0 rings (SSSR count). The SMILES string of the molecule is CC(=O)OC/C(C)=C/CC/C(C)=C/CC/C(C)=C/CC/C=C(\C)CC/C=C(\C)CCC=C(C)C. The van der Waals surface area contributed by atoms with E-state index in [0.717, 1.165) is 56.9 Å². The fourth-order valence-corrected chi connectivity index (χ4v) is 3.57. The molecule has 2 nitrogen and oxygen atoms in total. The molecule has 0 bridgehead atoms. The Kier molecular flexibility index (Phi) is 19.0. The van der Waals surface area contributed by atoms with E-state index >= 15 is 0 Å². The lowest BCUT2D eigenvalue weighted by atomic mass is 10.0. The second kappa shape index (κ2) is 20.3. The molecule has 0 amide bonds. The fourth-order valence-electron chi connectivity index (χ4n) is 3.57. The van der Waals surface area contributed by atoms with E-state index in [-0.39, 0.29) is 5.97 Å². The minimum atomic E-state index is -0.220. The van der Waals surface area contributed by atoms with Crippen LogP contribution in [-0.2, 0) is 9.53 Å². The highest BCUT2D eigenvalue weighted by molar-refractivity contribution is 5.66. The largest absolute Gasteiger partial charge is 0.461 e. The van der Waals surface area contributed by atoms with E-state index in [0.29, 0.717) is 6.61 Å². The fraction of sp³-hybridized carbons (Fsp3) is 0.594. The third kappa shape index (κ3) is 21.7. The molecule has 0 unspecified atom stereocenters. The maximum atomic E-state index is 10.8. The molecule has 34 heavy (non-hydrogen) atoms. The average Bonchev–Trinajstić information content (AvgIpc) is 2.75. The van der Waals surface area contributed by atoms with Gasteiger partial charge in [0.2, 0.25) is 0 Å². The Morgan fingerprint density at radius 1 is 0.471 bits per heavy atom. The van der Waals surface area contributed by atoms with Crippen molar-refractivity contribution in [1.82, 2.24) is 0 Å². The number of unbranched alkanes of at least 4 members (excludes halogenated alkanes) is 1. The average molecular weight is 469 g/mol. The quantitative estimate of drug-likeness (QED) is 0.120. The van der Waals surface area contributed by atoms with Gasteiger partial charge in [-0.15, -0.1) is 0 Å². The summed E-state index contributed by atoms with van der Waals surface area (Å²) in [5, 5.41) is 0. The van der Waals surface area contributed by atoms with Crippen LogP contribution >= 0.6 is 0 Å². The van der Waals surface area contributed by atoms with Gasteiger partial charge < -0.3 is 4.74 Å². The summed E-state index contributed by atoms with van der Waals surface area (Å²) in [7, 11) is 0. The molecule has 0 spiro atoms. The predicted octanol–water partition coefficient (Wildman–Crippen LogP) is 10.1. The Bertz CT molecular complexity index is 765. The monoisotopic (exact) mass is 468 g/mol. The van der Waals surface area contributed by atoms with Crippen LogP contribution in [0.15, 0.2) is 69.9 Å². The van der Waals surface area contributed by atoms with E-state index in [4.69, 9.17) is 4.74 Å². The molecule has 0 aromatic carbocycles. The first-order valence-corrected chi connectivity index (χ1v) is 13.1. The molecule has 0 atom stereocenters. The second-order valence-corrected chi connectivity index (χ2v) is 10.0. The molecule has 0 aromatic heterocycles. The summed E-state index contributed by atoms with van der Waals surface area (Å²) in [5.74, 6) is -0.220. The van der Waals surface area contributed by atoms with Crippen molar-refractivity contribution in [2.75, 3.05) is 6.61 Å². The summed E-state index contributed by atoms with van der Waals surface area (Å²) in [5.41, 5.74) is 8.48. The summed E-state index contributed by atoms with van der Waals surface area (Å²) < 4.78 is 5.01. The maximum Gasteiger partial charge on any atom is 0.302 e. The highest BCUT2D eigenvalue weighted by Gasteiger charge is 1.96. The van der Waals surface area contributed by atoms with Crippen molar-refractivity contribution in [1.29, 1.82) is 0 Å². The van der Waals surface area contributed by atoms with Gasteiger partial charge >= 0.3 is 5.97 Å². The zero-order valence-corrected chi connectivity index (χ0v) is 23.6. The predicted molar refractivity (Wildman–Crippen MR) is 151 cm³/mol. The van der Waals surface area contributed by atoms with Crippen LogP contribution in [0, 0.1) is 0 Å². The minimum Gasteiger partial charge on any atom is -0.461 e. The van der Waals surface area contributed by atoms with Gasteiger partial charge in [-0.1, -0.05) is 64.3 Å². The summed E-state index contributed by atoms with van der Waals surface area (Å²) in [6.45, 7) is 17.2. The molecule has 0 fully saturated rings. The van der Waals surface area contributed by atoms with Crippen LogP contribution in [0.1, 0.15) is 120 Å². The van der Waals surface area contributed by atoms with Gasteiger partial charge in [0.15, 0.2) is 0 Å². The van der Waals surface area contributed by atoms with Gasteiger partial charge in [0, 0.05) is 6.92 Å². The van der Waals surface area contributed by atoms with Crippen molar-refractivity contribution in [3.63, 3.8) is 0 Å². The number of allylic oxidation sites excluding steroid dienone is 11. The van der Waals surface area contributed by atoms with Gasteiger partial charge in [-0.05, 0) is 118 Å². The highest BCUT2D eigenvalue weighted by atomic mass is 16.5. The molecule has 0 radical (unpaired) electrons. The number of hydrogen-bond donors (Lipinski definition) is 0. The number of hydrogen-bond acceptors (Lipinski definition) is 2. The van der Waals surface area contributed by atoms with Crippen LogP contribution in [-0.4, -0.2) is 12.6 Å². The molecule has 0 aliphatic heterocycles. The molecular weight excluding hydrogens is 416 g/mol. The molecule has 0 aromatic rings. The van der Waals surface area contributed by atoms with E-state index in [1.807, 2.05) is 6.92 Å². The zero-order chi connectivity index (χ0) is 25.8. The molecule has 0 saturated carbocycles. The molecular formula is C32H52O2. The third-order valence-corrected chi connectivity index (χ3v) is 5.84. The van der Waals surface area contributed by atoms with Gasteiger partial charge in [0.05, 0.1) is 0 Å². The van der Waals surface area contributed by atoms with Crippen LogP contribution < -0.4 is 0 Å². The van der Waals surface area contributed by atoms with Crippen LogP contribution in [0.3, 0.4) is 0 Å². The first-order valence-electron chi connectivity index (χ1n) is 13.1. The summed E-state index contributed by atoms with van der Waals surface area (Å²) in [6, 6.07) is 0. The smallest absolute Gasteiger partial charge is 0.302 e. The van der Waals surface area contributed by atoms with Crippen LogP contribution in [0.25, 0.3) is 0 Å². The van der Waals surface area contributed by atoms with Crippen LogP contribution in [0.5, 0.6) is 0 Å². The van der Waals surface area contributed by atoms with Gasteiger partial charge in [-0.2, -0.15) is 0 Å². The van der Waals surface area contributed by atoms with Crippen molar-refractivity contribution in [3.8, 4) is 0 Å². The van der Waals surface area contributed by atoms with Crippen LogP contribution in [0.2, 0.25) is 0 Å². The first-order chi connectivity index (χ1) is 16.1. The second-order valence-electron chi connectivity index (χ2n) is 10.0. The van der Waals surface area contributed by atoms with E-state index in [1.54, 1.807) is 0 Å². The molecule has 192 valence electrons. The van der Waals surface area contributed by atoms with Crippen molar-refractivity contribution in [2.24, 2.45) is 0 Å². The molecule has 0 heterocycles. The molecule has 2 heteroatoms. The van der Waals surface area contributed by atoms with E-state index in [1.165, 1.54) is 47.6 Å². The number of esters is 1. The minimum absolute atomic E-state index is 0.220. The normalized spacial score (nSPS) is 13.8. The molecule has 0 aliphatic carbocycles. The molecule has 0 saturated heterocycles. The van der Waals surface area contributed by atoms with Crippen LogP contribution in [0.4, 0.5) is 0 Å². The van der Waals surface area contributed by atoms with Crippen molar-refractivity contribution >= 4 is 5.97 Å². The lowest BCUT2D eigenvalue weighted by Gasteiger charge is -2.04. The van der Waals surface area contributed by atoms with Gasteiger partial charge in [0.25, 0.3) is 0 Å².